The first-order valence-electron chi connectivity index (χ1n) is 2.07. The van der Waals surface area contributed by atoms with E-state index in [4.69, 9.17) is 0 Å². The van der Waals surface area contributed by atoms with Gasteiger partial charge in [-0.15, -0.1) is 0 Å². The third-order valence-corrected chi connectivity index (χ3v) is 0.686. The second kappa shape index (κ2) is 3.59. The average molecular weight is 319 g/mol. The van der Waals surface area contributed by atoms with Gasteiger partial charge in [-0.05, 0) is 0 Å². The van der Waals surface area contributed by atoms with Crippen LogP contribution in [0.5, 0.6) is 0 Å². The number of H-pyrrole nitrogens is 2. The van der Waals surface area contributed by atoms with E-state index in [-0.39, 0.29) is 32.9 Å². The molecule has 2 N–H and O–H groups in total. The molecule has 1 aromatic rings. The number of aromatic amines is 2. The van der Waals surface area contributed by atoms with E-state index >= 15 is 0 Å². The monoisotopic (exact) mass is 320 g/mol. The zero-order valence-electron chi connectivity index (χ0n) is 4.47. The van der Waals surface area contributed by atoms with E-state index in [2.05, 4.69) is 4.98 Å². The Morgan fingerprint density at radius 1 is 1.33 bits per heavy atom. The molecule has 0 saturated heterocycles. The SMILES string of the molecule is O=c1cc[nH]c(=O)[nH]1.[Pb]. The first-order chi connectivity index (χ1) is 3.79. The predicted octanol–water partition coefficient (Wildman–Crippen LogP) is -1.32. The molecule has 0 aliphatic rings. The van der Waals surface area contributed by atoms with Crippen LogP contribution < -0.4 is 11.2 Å². The molecule has 46 valence electrons. The summed E-state index contributed by atoms with van der Waals surface area (Å²) in [5.74, 6) is 0. The van der Waals surface area contributed by atoms with Crippen molar-refractivity contribution in [1.29, 1.82) is 0 Å². The molecule has 0 atom stereocenters. The van der Waals surface area contributed by atoms with Crippen LogP contribution in [0.4, 0.5) is 0 Å². The summed E-state index contributed by atoms with van der Waals surface area (Å²) in [6.07, 6.45) is 1.29. The van der Waals surface area contributed by atoms with Gasteiger partial charge in [-0.25, -0.2) is 4.79 Å². The summed E-state index contributed by atoms with van der Waals surface area (Å²) >= 11 is 0. The molecule has 4 nitrogen and oxygen atoms in total. The molecule has 0 aromatic carbocycles. The molecule has 0 fully saturated rings. The van der Waals surface area contributed by atoms with Gasteiger partial charge in [-0.2, -0.15) is 0 Å². The van der Waals surface area contributed by atoms with Gasteiger partial charge in [0.25, 0.3) is 5.56 Å². The van der Waals surface area contributed by atoms with Gasteiger partial charge in [-0.1, -0.05) is 0 Å². The van der Waals surface area contributed by atoms with Crippen molar-refractivity contribution in [3.8, 4) is 0 Å². The molecular formula is C4H4N2O2Pb. The molecule has 4 radical (unpaired) electrons. The Kier molecular flexibility index (Phi) is 3.43. The van der Waals surface area contributed by atoms with E-state index in [1.54, 1.807) is 0 Å². The summed E-state index contributed by atoms with van der Waals surface area (Å²) in [4.78, 5) is 24.7. The van der Waals surface area contributed by atoms with Crippen LogP contribution in [-0.2, 0) is 0 Å². The van der Waals surface area contributed by atoms with E-state index in [1.807, 2.05) is 4.98 Å². The summed E-state index contributed by atoms with van der Waals surface area (Å²) in [5, 5.41) is 0. The van der Waals surface area contributed by atoms with Crippen molar-refractivity contribution in [2.24, 2.45) is 0 Å². The maximum atomic E-state index is 10.2. The van der Waals surface area contributed by atoms with Crippen LogP contribution in [0.2, 0.25) is 0 Å². The minimum atomic E-state index is -0.475. The van der Waals surface area contributed by atoms with Crippen molar-refractivity contribution in [3.63, 3.8) is 0 Å². The normalized spacial score (nSPS) is 8.00. The fourth-order valence-electron chi connectivity index (χ4n) is 0.383. The Balaban J connectivity index is 0.000000640. The third kappa shape index (κ3) is 2.59. The number of aromatic nitrogens is 2. The predicted molar refractivity (Wildman–Crippen MR) is 33.4 cm³/mol. The Labute approximate surface area is 70.5 Å². The third-order valence-electron chi connectivity index (χ3n) is 0.686. The molecule has 5 heteroatoms. The topological polar surface area (TPSA) is 65.7 Å². The first kappa shape index (κ1) is 8.60. The summed E-state index contributed by atoms with van der Waals surface area (Å²) in [7, 11) is 0. The van der Waals surface area contributed by atoms with Gasteiger partial charge in [0.15, 0.2) is 0 Å². The summed E-state index contributed by atoms with van der Waals surface area (Å²) in [6, 6.07) is 1.24. The molecular weight excluding hydrogens is 315 g/mol. The second-order valence-corrected chi connectivity index (χ2v) is 1.30. The van der Waals surface area contributed by atoms with Crippen LogP contribution in [0.25, 0.3) is 0 Å². The molecule has 0 bridgehead atoms. The molecule has 1 heterocycles. The maximum Gasteiger partial charge on any atom is 0.325 e. The number of hydrogen-bond donors (Lipinski definition) is 2. The smallest absolute Gasteiger partial charge is 0.314 e. The fraction of sp³-hybridized carbons (Fsp3) is 0. The minimum Gasteiger partial charge on any atom is -0.314 e. The molecule has 0 aliphatic carbocycles. The zero-order valence-corrected chi connectivity index (χ0v) is 8.36. The van der Waals surface area contributed by atoms with Gasteiger partial charge in [0, 0.05) is 39.6 Å². The molecule has 0 saturated carbocycles. The molecule has 9 heavy (non-hydrogen) atoms. The fourth-order valence-corrected chi connectivity index (χ4v) is 0.383. The van der Waals surface area contributed by atoms with Crippen LogP contribution >= 0.6 is 0 Å². The van der Waals surface area contributed by atoms with Gasteiger partial charge in [0.05, 0.1) is 0 Å². The first-order valence-corrected chi connectivity index (χ1v) is 2.07. The van der Waals surface area contributed by atoms with Crippen LogP contribution in [0.3, 0.4) is 0 Å². The molecule has 0 unspecified atom stereocenters. The van der Waals surface area contributed by atoms with Gasteiger partial charge < -0.3 is 4.98 Å². The summed E-state index contributed by atoms with van der Waals surface area (Å²) < 4.78 is 0. The summed E-state index contributed by atoms with van der Waals surface area (Å²) in [6.45, 7) is 0. The van der Waals surface area contributed by atoms with Crippen LogP contribution in [0, 0.1) is 0 Å². The Morgan fingerprint density at radius 3 is 2.33 bits per heavy atom. The van der Waals surface area contributed by atoms with Gasteiger partial charge in [0.1, 0.15) is 0 Å². The number of rotatable bonds is 0. The Bertz CT molecular complexity index is 251. The van der Waals surface area contributed by atoms with Gasteiger partial charge in [-0.3, -0.25) is 9.78 Å². The number of nitrogens with one attached hydrogen (secondary N) is 2. The Hall–Kier alpha value is -0.398. The Morgan fingerprint density at radius 2 is 2.00 bits per heavy atom. The van der Waals surface area contributed by atoms with E-state index in [1.165, 1.54) is 12.3 Å². The van der Waals surface area contributed by atoms with Crippen molar-refractivity contribution in [1.82, 2.24) is 9.97 Å². The van der Waals surface area contributed by atoms with E-state index in [0.29, 0.717) is 0 Å². The van der Waals surface area contributed by atoms with Crippen LogP contribution in [0.1, 0.15) is 0 Å². The largest absolute Gasteiger partial charge is 0.325 e. The van der Waals surface area contributed by atoms with Crippen LogP contribution in [0.15, 0.2) is 21.9 Å². The van der Waals surface area contributed by atoms with Gasteiger partial charge in [0.2, 0.25) is 0 Å². The molecule has 0 aliphatic heterocycles. The maximum absolute atomic E-state index is 10.2. The van der Waals surface area contributed by atoms with Crippen molar-refractivity contribution < 1.29 is 0 Å². The second-order valence-electron chi connectivity index (χ2n) is 1.30. The molecule has 0 amide bonds. The van der Waals surface area contributed by atoms with E-state index in [9.17, 15) is 9.59 Å². The zero-order chi connectivity index (χ0) is 5.98. The van der Waals surface area contributed by atoms with Gasteiger partial charge >= 0.3 is 5.69 Å². The van der Waals surface area contributed by atoms with Crippen molar-refractivity contribution in [2.75, 3.05) is 0 Å². The van der Waals surface area contributed by atoms with E-state index < -0.39 is 5.69 Å². The van der Waals surface area contributed by atoms with Crippen molar-refractivity contribution in [3.05, 3.63) is 33.1 Å². The molecule has 0 spiro atoms. The van der Waals surface area contributed by atoms with Crippen molar-refractivity contribution >= 4 is 27.3 Å². The van der Waals surface area contributed by atoms with Crippen molar-refractivity contribution in [2.45, 2.75) is 0 Å². The summed E-state index contributed by atoms with van der Waals surface area (Å²) in [5.41, 5.74) is -0.855. The minimum absolute atomic E-state index is 0. The quantitative estimate of drug-likeness (QED) is 0.583. The molecule has 1 aromatic heterocycles. The van der Waals surface area contributed by atoms with Crippen LogP contribution in [-0.4, -0.2) is 37.3 Å². The average Bonchev–Trinajstić information content (AvgIpc) is 1.64. The standard InChI is InChI=1S/C4H4N2O2.Pb/c7-3-1-2-5-4(8)6-3;/h1-2H,(H2,5,6,7,8);. The molecule has 1 rings (SSSR count). The van der Waals surface area contributed by atoms with E-state index in [0.717, 1.165) is 0 Å². The number of hydrogen-bond acceptors (Lipinski definition) is 2.